The van der Waals surface area contributed by atoms with Crippen molar-refractivity contribution in [3.05, 3.63) is 28.8 Å². The van der Waals surface area contributed by atoms with Crippen LogP contribution >= 0.6 is 11.6 Å². The van der Waals surface area contributed by atoms with Crippen molar-refractivity contribution in [3.8, 4) is 11.8 Å². The number of benzene rings is 1. The van der Waals surface area contributed by atoms with Gasteiger partial charge in [0.15, 0.2) is 0 Å². The first kappa shape index (κ1) is 15.1. The molecule has 1 saturated heterocycles. The van der Waals surface area contributed by atoms with E-state index in [2.05, 4.69) is 16.3 Å². The normalized spacial score (nSPS) is 17.8. The zero-order valence-electron chi connectivity index (χ0n) is 11.9. The zero-order valence-corrected chi connectivity index (χ0v) is 12.7. The topological polar surface area (TPSA) is 48.3 Å². The smallest absolute Gasteiger partial charge is 0.138 e. The number of nitrogens with one attached hydrogen (secondary N) is 1. The van der Waals surface area contributed by atoms with Crippen molar-refractivity contribution in [2.24, 2.45) is 0 Å². The predicted molar refractivity (Wildman–Crippen MR) is 80.0 cm³/mol. The van der Waals surface area contributed by atoms with Gasteiger partial charge in [-0.05, 0) is 31.5 Å². The largest absolute Gasteiger partial charge is 0.489 e. The minimum absolute atomic E-state index is 0.0817. The van der Waals surface area contributed by atoms with Crippen LogP contribution in [-0.4, -0.2) is 37.2 Å². The van der Waals surface area contributed by atoms with E-state index in [0.29, 0.717) is 10.8 Å². The number of ether oxygens (including phenoxy) is 1. The molecule has 1 aliphatic rings. The number of nitriles is 1. The molecule has 0 aromatic heterocycles. The summed E-state index contributed by atoms with van der Waals surface area (Å²) in [6.07, 6.45) is 0.0817. The Morgan fingerprint density at radius 1 is 1.35 bits per heavy atom. The monoisotopic (exact) mass is 293 g/mol. The highest BCUT2D eigenvalue weighted by Gasteiger charge is 2.22. The first-order valence-corrected chi connectivity index (χ1v) is 7.30. The summed E-state index contributed by atoms with van der Waals surface area (Å²) in [6.45, 7) is 7.51. The van der Waals surface area contributed by atoms with E-state index >= 15 is 0 Å². The zero-order chi connectivity index (χ0) is 14.5. The van der Waals surface area contributed by atoms with Gasteiger partial charge in [-0.1, -0.05) is 17.7 Å². The molecule has 0 aliphatic carbocycles. The summed E-state index contributed by atoms with van der Waals surface area (Å²) in [6, 6.07) is 7.75. The molecule has 0 saturated carbocycles. The van der Waals surface area contributed by atoms with Crippen LogP contribution in [0.5, 0.6) is 5.75 Å². The average Bonchev–Trinajstić information content (AvgIpc) is 2.43. The summed E-state index contributed by atoms with van der Waals surface area (Å²) in [5.74, 6) is 0.669. The van der Waals surface area contributed by atoms with E-state index in [4.69, 9.17) is 16.3 Å². The lowest BCUT2D eigenvalue weighted by Gasteiger charge is -2.31. The molecule has 1 aliphatic heterocycles. The van der Waals surface area contributed by atoms with E-state index in [9.17, 15) is 5.26 Å². The van der Waals surface area contributed by atoms with Gasteiger partial charge in [-0.25, -0.2) is 0 Å². The molecule has 2 rings (SSSR count). The van der Waals surface area contributed by atoms with E-state index in [1.165, 1.54) is 0 Å². The molecule has 0 amide bonds. The molecule has 0 spiro atoms. The van der Waals surface area contributed by atoms with E-state index in [0.717, 1.165) is 31.7 Å². The maximum atomic E-state index is 9.45. The summed E-state index contributed by atoms with van der Waals surface area (Å²) in [4.78, 5) is 2.17. The van der Waals surface area contributed by atoms with Crippen molar-refractivity contribution in [3.63, 3.8) is 0 Å². The molecule has 1 unspecified atom stereocenters. The molecule has 1 N–H and O–H groups in total. The Morgan fingerprint density at radius 3 is 2.60 bits per heavy atom. The fourth-order valence-corrected chi connectivity index (χ4v) is 2.58. The van der Waals surface area contributed by atoms with Crippen LogP contribution in [0.1, 0.15) is 25.5 Å². The van der Waals surface area contributed by atoms with Gasteiger partial charge in [0, 0.05) is 26.2 Å². The van der Waals surface area contributed by atoms with Crippen molar-refractivity contribution in [2.75, 3.05) is 26.2 Å². The Kier molecular flexibility index (Phi) is 5.24. The minimum atomic E-state index is -0.248. The highest BCUT2D eigenvalue weighted by molar-refractivity contribution is 6.32. The van der Waals surface area contributed by atoms with Crippen LogP contribution in [0.2, 0.25) is 5.02 Å². The van der Waals surface area contributed by atoms with E-state index < -0.39 is 0 Å². The number of nitrogens with zero attached hydrogens (tertiary/aromatic N) is 2. The molecule has 1 atom stereocenters. The van der Waals surface area contributed by atoms with E-state index in [-0.39, 0.29) is 12.1 Å². The Labute approximate surface area is 125 Å². The number of piperazine rings is 1. The van der Waals surface area contributed by atoms with Crippen molar-refractivity contribution in [1.82, 2.24) is 10.2 Å². The molecule has 4 nitrogen and oxygen atoms in total. The van der Waals surface area contributed by atoms with Crippen LogP contribution in [0.4, 0.5) is 0 Å². The van der Waals surface area contributed by atoms with Gasteiger partial charge in [-0.2, -0.15) is 5.26 Å². The van der Waals surface area contributed by atoms with Gasteiger partial charge < -0.3 is 10.1 Å². The van der Waals surface area contributed by atoms with Crippen LogP contribution < -0.4 is 10.1 Å². The lowest BCUT2D eigenvalue weighted by molar-refractivity contribution is 0.207. The molecule has 20 heavy (non-hydrogen) atoms. The minimum Gasteiger partial charge on any atom is -0.489 e. The van der Waals surface area contributed by atoms with E-state index in [1.807, 2.05) is 32.0 Å². The third kappa shape index (κ3) is 3.63. The lowest BCUT2D eigenvalue weighted by atomic mass is 10.1. The van der Waals surface area contributed by atoms with Gasteiger partial charge >= 0.3 is 0 Å². The predicted octanol–water partition coefficient (Wildman–Crippen LogP) is 2.60. The molecule has 1 fully saturated rings. The van der Waals surface area contributed by atoms with Crippen molar-refractivity contribution in [1.29, 1.82) is 5.26 Å². The molecular formula is C15H20ClN3O. The van der Waals surface area contributed by atoms with Gasteiger partial charge in [0.2, 0.25) is 0 Å². The number of rotatable bonds is 4. The first-order valence-electron chi connectivity index (χ1n) is 6.92. The highest BCUT2D eigenvalue weighted by Crippen LogP contribution is 2.30. The summed E-state index contributed by atoms with van der Waals surface area (Å²) in [5, 5.41) is 13.3. The summed E-state index contributed by atoms with van der Waals surface area (Å²) in [7, 11) is 0. The summed E-state index contributed by atoms with van der Waals surface area (Å²) >= 11 is 6.25. The molecule has 1 aromatic rings. The lowest BCUT2D eigenvalue weighted by Crippen LogP contribution is -2.44. The standard InChI is InChI=1S/C15H20ClN3O/c1-11(2)20-15-4-3-12(9-13(15)16)14(10-17)19-7-5-18-6-8-19/h3-4,9,11,14,18H,5-8H2,1-2H3. The summed E-state index contributed by atoms with van der Waals surface area (Å²) in [5.41, 5.74) is 0.926. The molecular weight excluding hydrogens is 274 g/mol. The molecule has 0 bridgehead atoms. The van der Waals surface area contributed by atoms with E-state index in [1.54, 1.807) is 0 Å². The maximum Gasteiger partial charge on any atom is 0.138 e. The van der Waals surface area contributed by atoms with Crippen LogP contribution in [0.15, 0.2) is 18.2 Å². The quantitative estimate of drug-likeness (QED) is 0.927. The van der Waals surface area contributed by atoms with Crippen LogP contribution in [0, 0.1) is 11.3 Å². The number of hydrogen-bond acceptors (Lipinski definition) is 4. The molecule has 0 radical (unpaired) electrons. The third-order valence-electron chi connectivity index (χ3n) is 3.27. The molecule has 1 heterocycles. The number of hydrogen-bond donors (Lipinski definition) is 1. The van der Waals surface area contributed by atoms with Gasteiger partial charge in [0.05, 0.1) is 17.2 Å². The maximum absolute atomic E-state index is 9.45. The Morgan fingerprint density at radius 2 is 2.05 bits per heavy atom. The highest BCUT2D eigenvalue weighted by atomic mass is 35.5. The Hall–Kier alpha value is -1.28. The van der Waals surface area contributed by atoms with Gasteiger partial charge in [0.1, 0.15) is 11.8 Å². The number of halogens is 1. The Bertz CT molecular complexity index is 492. The van der Waals surface area contributed by atoms with Crippen molar-refractivity contribution in [2.45, 2.75) is 26.0 Å². The molecule has 108 valence electrons. The van der Waals surface area contributed by atoms with Gasteiger partial charge in [-0.15, -0.1) is 0 Å². The first-order chi connectivity index (χ1) is 9.61. The van der Waals surface area contributed by atoms with Crippen molar-refractivity contribution < 1.29 is 4.74 Å². The SMILES string of the molecule is CC(C)Oc1ccc(C(C#N)N2CCNCC2)cc1Cl. The summed E-state index contributed by atoms with van der Waals surface area (Å²) < 4.78 is 5.62. The molecule has 1 aromatic carbocycles. The third-order valence-corrected chi connectivity index (χ3v) is 3.57. The second kappa shape index (κ2) is 6.94. The van der Waals surface area contributed by atoms with Gasteiger partial charge in [-0.3, -0.25) is 4.90 Å². The van der Waals surface area contributed by atoms with Crippen molar-refractivity contribution >= 4 is 11.6 Å². The average molecular weight is 294 g/mol. The molecule has 5 heteroatoms. The van der Waals surface area contributed by atoms with Crippen LogP contribution in [0.25, 0.3) is 0 Å². The van der Waals surface area contributed by atoms with Crippen LogP contribution in [0.3, 0.4) is 0 Å². The van der Waals surface area contributed by atoms with Gasteiger partial charge in [0.25, 0.3) is 0 Å². The second-order valence-electron chi connectivity index (χ2n) is 5.17. The van der Waals surface area contributed by atoms with Crippen LogP contribution in [-0.2, 0) is 0 Å². The second-order valence-corrected chi connectivity index (χ2v) is 5.58. The Balaban J connectivity index is 2.18. The fourth-order valence-electron chi connectivity index (χ4n) is 2.34. The fraction of sp³-hybridized carbons (Fsp3) is 0.533.